The zero-order valence-electron chi connectivity index (χ0n) is 11.9. The van der Waals surface area contributed by atoms with Gasteiger partial charge in [0.15, 0.2) is 0 Å². The van der Waals surface area contributed by atoms with Gasteiger partial charge in [0.25, 0.3) is 0 Å². The Bertz CT molecular complexity index is 393. The van der Waals surface area contributed by atoms with Crippen molar-refractivity contribution in [1.29, 1.82) is 0 Å². The van der Waals surface area contributed by atoms with Crippen LogP contribution in [0.1, 0.15) is 31.0 Å². The van der Waals surface area contributed by atoms with Crippen LogP contribution >= 0.6 is 0 Å². The number of hydrogen-bond donors (Lipinski definition) is 1. The van der Waals surface area contributed by atoms with Crippen molar-refractivity contribution in [3.63, 3.8) is 0 Å². The summed E-state index contributed by atoms with van der Waals surface area (Å²) in [5, 5.41) is 3.35. The van der Waals surface area contributed by atoms with Crippen molar-refractivity contribution in [2.24, 2.45) is 0 Å². The molecule has 106 valence electrons. The van der Waals surface area contributed by atoms with Gasteiger partial charge in [0.2, 0.25) is 0 Å². The molecule has 0 aliphatic carbocycles. The van der Waals surface area contributed by atoms with Crippen LogP contribution in [0.15, 0.2) is 24.3 Å². The molecule has 1 atom stereocenters. The molecule has 1 aromatic rings. The van der Waals surface area contributed by atoms with E-state index in [1.54, 1.807) is 6.92 Å². The minimum absolute atomic E-state index is 0.0222. The van der Waals surface area contributed by atoms with Gasteiger partial charge in [-0.05, 0) is 26.3 Å². The van der Waals surface area contributed by atoms with Crippen molar-refractivity contribution >= 4 is 5.97 Å². The lowest BCUT2D eigenvalue weighted by atomic mass is 10.1. The molecule has 0 aliphatic rings. The van der Waals surface area contributed by atoms with Crippen LogP contribution < -0.4 is 5.32 Å². The predicted molar refractivity (Wildman–Crippen MR) is 75.0 cm³/mol. The third-order valence-electron chi connectivity index (χ3n) is 2.76. The second kappa shape index (κ2) is 8.67. The third-order valence-corrected chi connectivity index (χ3v) is 2.76. The lowest BCUT2D eigenvalue weighted by Crippen LogP contribution is -2.24. The zero-order chi connectivity index (χ0) is 14.1. The van der Waals surface area contributed by atoms with Gasteiger partial charge in [0, 0.05) is 12.6 Å². The molecule has 0 spiro atoms. The van der Waals surface area contributed by atoms with Gasteiger partial charge in [-0.25, -0.2) is 4.79 Å². The molecule has 0 saturated heterocycles. The van der Waals surface area contributed by atoms with Crippen molar-refractivity contribution in [3.8, 4) is 0 Å². The van der Waals surface area contributed by atoms with E-state index in [1.165, 1.54) is 11.1 Å². The Morgan fingerprint density at radius 3 is 2.89 bits per heavy atom. The Morgan fingerprint density at radius 1 is 1.42 bits per heavy atom. The van der Waals surface area contributed by atoms with Crippen molar-refractivity contribution in [2.75, 3.05) is 26.4 Å². The highest BCUT2D eigenvalue weighted by molar-refractivity contribution is 5.70. The van der Waals surface area contributed by atoms with Gasteiger partial charge < -0.3 is 14.8 Å². The molecular formula is C15H23NO3. The van der Waals surface area contributed by atoms with Crippen LogP contribution in [0.2, 0.25) is 0 Å². The average Bonchev–Trinajstić information content (AvgIpc) is 2.38. The first-order valence-electron chi connectivity index (χ1n) is 6.66. The molecule has 1 rings (SSSR count). The second-order valence-corrected chi connectivity index (χ2v) is 4.45. The summed E-state index contributed by atoms with van der Waals surface area (Å²) in [6, 6.07) is 8.67. The number of hydrogen-bond acceptors (Lipinski definition) is 4. The lowest BCUT2D eigenvalue weighted by molar-refractivity contribution is -0.148. The molecule has 4 heteroatoms. The van der Waals surface area contributed by atoms with Crippen molar-refractivity contribution in [1.82, 2.24) is 5.32 Å². The number of esters is 1. The quantitative estimate of drug-likeness (QED) is 0.578. The predicted octanol–water partition coefficient (Wildman–Crippen LogP) is 2.23. The van der Waals surface area contributed by atoms with E-state index in [1.807, 2.05) is 0 Å². The molecule has 0 aliphatic heterocycles. The monoisotopic (exact) mass is 265 g/mol. The number of benzene rings is 1. The molecule has 1 N–H and O–H groups in total. The summed E-state index contributed by atoms with van der Waals surface area (Å²) in [5.41, 5.74) is 2.51. The van der Waals surface area contributed by atoms with Gasteiger partial charge in [-0.3, -0.25) is 0 Å². The Morgan fingerprint density at radius 2 is 2.21 bits per heavy atom. The third kappa shape index (κ3) is 6.36. The number of rotatable bonds is 8. The molecule has 0 amide bonds. The van der Waals surface area contributed by atoms with Crippen LogP contribution in [0.25, 0.3) is 0 Å². The highest BCUT2D eigenvalue weighted by Gasteiger charge is 2.05. The summed E-state index contributed by atoms with van der Waals surface area (Å²) in [6.07, 6.45) is 0. The fourth-order valence-corrected chi connectivity index (χ4v) is 1.76. The Labute approximate surface area is 115 Å². The maximum atomic E-state index is 11.0. The van der Waals surface area contributed by atoms with Crippen LogP contribution in [-0.2, 0) is 14.3 Å². The van der Waals surface area contributed by atoms with E-state index in [-0.39, 0.29) is 18.6 Å². The standard InChI is InChI=1S/C15H23NO3/c1-4-19-15(17)11-18-9-8-16-13(3)14-7-5-6-12(2)10-14/h5-7,10,13,16H,4,8-9,11H2,1-3H3/t13-/m0/s1. The highest BCUT2D eigenvalue weighted by Crippen LogP contribution is 2.13. The molecule has 0 unspecified atom stereocenters. The van der Waals surface area contributed by atoms with Crippen LogP contribution in [0, 0.1) is 6.92 Å². The van der Waals surface area contributed by atoms with E-state index < -0.39 is 0 Å². The molecule has 19 heavy (non-hydrogen) atoms. The first kappa shape index (κ1) is 15.7. The van der Waals surface area contributed by atoms with Gasteiger partial charge in [-0.2, -0.15) is 0 Å². The Balaban J connectivity index is 2.17. The summed E-state index contributed by atoms with van der Waals surface area (Å²) in [5.74, 6) is -0.311. The summed E-state index contributed by atoms with van der Waals surface area (Å²) >= 11 is 0. The minimum Gasteiger partial charge on any atom is -0.464 e. The fourth-order valence-electron chi connectivity index (χ4n) is 1.76. The molecule has 0 bridgehead atoms. The summed E-state index contributed by atoms with van der Waals surface area (Å²) in [7, 11) is 0. The average molecular weight is 265 g/mol. The molecule has 4 nitrogen and oxygen atoms in total. The first-order valence-corrected chi connectivity index (χ1v) is 6.66. The Kier molecular flexibility index (Phi) is 7.15. The van der Waals surface area contributed by atoms with E-state index in [0.717, 1.165) is 0 Å². The Hall–Kier alpha value is -1.39. The van der Waals surface area contributed by atoms with Gasteiger partial charge in [-0.15, -0.1) is 0 Å². The van der Waals surface area contributed by atoms with Gasteiger partial charge in [0.1, 0.15) is 6.61 Å². The number of carbonyl (C=O) groups is 1. The number of ether oxygens (including phenoxy) is 2. The maximum absolute atomic E-state index is 11.0. The number of carbonyl (C=O) groups excluding carboxylic acids is 1. The lowest BCUT2D eigenvalue weighted by Gasteiger charge is -2.14. The second-order valence-electron chi connectivity index (χ2n) is 4.45. The largest absolute Gasteiger partial charge is 0.464 e. The fraction of sp³-hybridized carbons (Fsp3) is 0.533. The molecular weight excluding hydrogens is 242 g/mol. The summed E-state index contributed by atoms with van der Waals surface area (Å²) in [6.45, 7) is 7.59. The van der Waals surface area contributed by atoms with Crippen LogP contribution in [-0.4, -0.2) is 32.3 Å². The number of aryl methyl sites for hydroxylation is 1. The van der Waals surface area contributed by atoms with Crippen LogP contribution in [0.5, 0.6) is 0 Å². The normalized spacial score (nSPS) is 12.2. The van der Waals surface area contributed by atoms with Gasteiger partial charge in [0.05, 0.1) is 13.2 Å². The molecule has 0 fully saturated rings. The summed E-state index contributed by atoms with van der Waals surface area (Å²) < 4.78 is 9.99. The van der Waals surface area contributed by atoms with E-state index in [2.05, 4.69) is 43.4 Å². The van der Waals surface area contributed by atoms with E-state index in [4.69, 9.17) is 9.47 Å². The van der Waals surface area contributed by atoms with E-state index >= 15 is 0 Å². The topological polar surface area (TPSA) is 47.6 Å². The van der Waals surface area contributed by atoms with Gasteiger partial charge in [-0.1, -0.05) is 29.8 Å². The van der Waals surface area contributed by atoms with Crippen molar-refractivity contribution < 1.29 is 14.3 Å². The zero-order valence-corrected chi connectivity index (χ0v) is 11.9. The molecule has 1 aromatic carbocycles. The van der Waals surface area contributed by atoms with Crippen LogP contribution in [0.3, 0.4) is 0 Å². The van der Waals surface area contributed by atoms with E-state index in [0.29, 0.717) is 19.8 Å². The molecule has 0 saturated carbocycles. The van der Waals surface area contributed by atoms with Crippen LogP contribution in [0.4, 0.5) is 0 Å². The number of nitrogens with one attached hydrogen (secondary N) is 1. The SMILES string of the molecule is CCOC(=O)COCCN[C@@H](C)c1cccc(C)c1. The first-order chi connectivity index (χ1) is 9.13. The molecule has 0 heterocycles. The smallest absolute Gasteiger partial charge is 0.332 e. The maximum Gasteiger partial charge on any atom is 0.332 e. The molecule has 0 radical (unpaired) electrons. The summed E-state index contributed by atoms with van der Waals surface area (Å²) in [4.78, 5) is 11.0. The minimum atomic E-state index is -0.311. The van der Waals surface area contributed by atoms with Crippen molar-refractivity contribution in [2.45, 2.75) is 26.8 Å². The van der Waals surface area contributed by atoms with Crippen molar-refractivity contribution in [3.05, 3.63) is 35.4 Å². The highest BCUT2D eigenvalue weighted by atomic mass is 16.6. The van der Waals surface area contributed by atoms with Gasteiger partial charge >= 0.3 is 5.97 Å². The van der Waals surface area contributed by atoms with E-state index in [9.17, 15) is 4.79 Å². The molecule has 0 aromatic heterocycles.